The molecule has 0 rings (SSSR count). The molecule has 6 heteroatoms. The smallest absolute Gasteiger partial charge is 0.186 e. The zero-order valence-corrected chi connectivity index (χ0v) is 10.9. The minimum atomic E-state index is -3.12. The lowest BCUT2D eigenvalue weighted by atomic mass is 9.93. The maximum absolute atomic E-state index is 11.5. The second kappa shape index (κ2) is 4.00. The summed E-state index contributed by atoms with van der Waals surface area (Å²) in [5.74, 6) is -0.0238. The quantitative estimate of drug-likeness (QED) is 0.539. The van der Waals surface area contributed by atoms with E-state index in [2.05, 4.69) is 4.99 Å². The third kappa shape index (κ3) is 4.51. The molecule has 0 amide bonds. The minimum absolute atomic E-state index is 0.0238. The minimum Gasteiger partial charge on any atom is -0.370 e. The Balaban J connectivity index is 4.97. The molecule has 0 unspecified atom stereocenters. The van der Waals surface area contributed by atoms with E-state index in [0.29, 0.717) is 6.42 Å². The van der Waals surface area contributed by atoms with E-state index >= 15 is 0 Å². The SMILES string of the molecule is CC(C)(CC(C)(C)S(C)(=O)=O)N=C(N)N. The van der Waals surface area contributed by atoms with Gasteiger partial charge in [0.25, 0.3) is 0 Å². The fourth-order valence-corrected chi connectivity index (χ4v) is 2.18. The van der Waals surface area contributed by atoms with Crippen LogP contribution in [0, 0.1) is 0 Å². The second-order valence-corrected chi connectivity index (χ2v) is 7.71. The molecule has 0 aliphatic rings. The molecule has 0 aliphatic heterocycles. The lowest BCUT2D eigenvalue weighted by Crippen LogP contribution is -2.40. The third-order valence-electron chi connectivity index (χ3n) is 2.29. The Morgan fingerprint density at radius 2 is 1.60 bits per heavy atom. The topological polar surface area (TPSA) is 98.5 Å². The third-order valence-corrected chi connectivity index (χ3v) is 4.45. The van der Waals surface area contributed by atoms with E-state index < -0.39 is 20.1 Å². The van der Waals surface area contributed by atoms with Crippen LogP contribution < -0.4 is 11.5 Å². The molecule has 4 N–H and O–H groups in total. The Morgan fingerprint density at radius 1 is 1.20 bits per heavy atom. The van der Waals surface area contributed by atoms with Crippen molar-refractivity contribution in [2.45, 2.75) is 44.4 Å². The van der Waals surface area contributed by atoms with Crippen LogP contribution in [0.2, 0.25) is 0 Å². The molecule has 0 aromatic carbocycles. The van der Waals surface area contributed by atoms with Gasteiger partial charge in [-0.15, -0.1) is 0 Å². The maximum atomic E-state index is 11.5. The standard InChI is InChI=1S/C9H21N3O2S/c1-8(2,12-7(10)11)6-9(3,4)15(5,13)14/h6H2,1-5H3,(H4,10,11,12). The Bertz CT molecular complexity index is 352. The number of hydrogen-bond donors (Lipinski definition) is 2. The van der Waals surface area contributed by atoms with Crippen LogP contribution in [0.3, 0.4) is 0 Å². The van der Waals surface area contributed by atoms with Gasteiger partial charge in [0, 0.05) is 6.26 Å². The van der Waals surface area contributed by atoms with Gasteiger partial charge in [-0.25, -0.2) is 13.4 Å². The molecule has 15 heavy (non-hydrogen) atoms. The summed E-state index contributed by atoms with van der Waals surface area (Å²) < 4.78 is 22.2. The fourth-order valence-electron chi connectivity index (χ4n) is 1.56. The van der Waals surface area contributed by atoms with Gasteiger partial charge in [-0.3, -0.25) is 0 Å². The van der Waals surface area contributed by atoms with Crippen molar-refractivity contribution in [3.05, 3.63) is 0 Å². The van der Waals surface area contributed by atoms with E-state index in [1.807, 2.05) is 0 Å². The highest BCUT2D eigenvalue weighted by Crippen LogP contribution is 2.29. The van der Waals surface area contributed by atoms with E-state index in [9.17, 15) is 8.42 Å². The predicted octanol–water partition coefficient (Wildman–Crippen LogP) is 0.252. The van der Waals surface area contributed by atoms with Crippen LogP contribution in [0.4, 0.5) is 0 Å². The van der Waals surface area contributed by atoms with Crippen molar-refractivity contribution in [1.29, 1.82) is 0 Å². The Morgan fingerprint density at radius 3 is 1.87 bits per heavy atom. The number of sulfone groups is 1. The zero-order chi connectivity index (χ0) is 12.5. The highest BCUT2D eigenvalue weighted by atomic mass is 32.2. The summed E-state index contributed by atoms with van der Waals surface area (Å²) in [6.07, 6.45) is 1.59. The highest BCUT2D eigenvalue weighted by Gasteiger charge is 2.36. The van der Waals surface area contributed by atoms with Gasteiger partial charge in [-0.2, -0.15) is 0 Å². The molecular formula is C9H21N3O2S. The van der Waals surface area contributed by atoms with Crippen molar-refractivity contribution in [3.8, 4) is 0 Å². The molecule has 0 bridgehead atoms. The summed E-state index contributed by atoms with van der Waals surface area (Å²) in [5.41, 5.74) is 9.99. The predicted molar refractivity (Wildman–Crippen MR) is 63.4 cm³/mol. The number of hydrogen-bond acceptors (Lipinski definition) is 3. The fraction of sp³-hybridized carbons (Fsp3) is 0.889. The first-order valence-corrected chi connectivity index (χ1v) is 6.57. The van der Waals surface area contributed by atoms with Crippen LogP contribution in [0.5, 0.6) is 0 Å². The molecule has 0 fully saturated rings. The van der Waals surface area contributed by atoms with Crippen molar-refractivity contribution in [3.63, 3.8) is 0 Å². The van der Waals surface area contributed by atoms with Gasteiger partial charge < -0.3 is 11.5 Å². The van der Waals surface area contributed by atoms with Crippen LogP contribution in [0.15, 0.2) is 4.99 Å². The number of rotatable bonds is 4. The number of nitrogens with zero attached hydrogens (tertiary/aromatic N) is 1. The molecule has 0 atom stereocenters. The van der Waals surface area contributed by atoms with E-state index in [0.717, 1.165) is 0 Å². The number of nitrogens with two attached hydrogens (primary N) is 2. The molecule has 0 saturated heterocycles. The van der Waals surface area contributed by atoms with Crippen LogP contribution >= 0.6 is 0 Å². The van der Waals surface area contributed by atoms with Gasteiger partial charge in [-0.05, 0) is 34.1 Å². The summed E-state index contributed by atoms with van der Waals surface area (Å²) in [5, 5.41) is 0. The molecule has 0 saturated carbocycles. The molecule has 0 aromatic rings. The van der Waals surface area contributed by atoms with Crippen LogP contribution in [0.1, 0.15) is 34.1 Å². The van der Waals surface area contributed by atoms with Gasteiger partial charge in [-0.1, -0.05) is 0 Å². The molecule has 0 aliphatic carbocycles. The maximum Gasteiger partial charge on any atom is 0.186 e. The molecule has 0 heterocycles. The van der Waals surface area contributed by atoms with Crippen molar-refractivity contribution in [1.82, 2.24) is 0 Å². The molecular weight excluding hydrogens is 214 g/mol. The van der Waals surface area contributed by atoms with Gasteiger partial charge in [0.15, 0.2) is 15.8 Å². The molecule has 90 valence electrons. The van der Waals surface area contributed by atoms with E-state index in [4.69, 9.17) is 11.5 Å². The van der Waals surface area contributed by atoms with Gasteiger partial charge >= 0.3 is 0 Å². The molecule has 0 aromatic heterocycles. The average Bonchev–Trinajstić information content (AvgIpc) is 1.75. The first kappa shape index (κ1) is 14.2. The van der Waals surface area contributed by atoms with Crippen molar-refractivity contribution in [2.24, 2.45) is 16.5 Å². The van der Waals surface area contributed by atoms with Crippen molar-refractivity contribution < 1.29 is 8.42 Å². The van der Waals surface area contributed by atoms with Crippen molar-refractivity contribution in [2.75, 3.05) is 6.26 Å². The molecule has 5 nitrogen and oxygen atoms in total. The lowest BCUT2D eigenvalue weighted by molar-refractivity contribution is 0.408. The largest absolute Gasteiger partial charge is 0.370 e. The zero-order valence-electron chi connectivity index (χ0n) is 10.0. The van der Waals surface area contributed by atoms with Gasteiger partial charge in [0.1, 0.15) is 0 Å². The molecule has 0 spiro atoms. The Hall–Kier alpha value is -0.780. The normalized spacial score (nSPS) is 13.7. The van der Waals surface area contributed by atoms with Crippen molar-refractivity contribution >= 4 is 15.8 Å². The highest BCUT2D eigenvalue weighted by molar-refractivity contribution is 7.92. The van der Waals surface area contributed by atoms with E-state index in [1.165, 1.54) is 6.26 Å². The van der Waals surface area contributed by atoms with Crippen LogP contribution in [-0.2, 0) is 9.84 Å². The Kier molecular flexibility index (Phi) is 3.79. The van der Waals surface area contributed by atoms with Gasteiger partial charge in [0.05, 0.1) is 10.3 Å². The molecule has 0 radical (unpaired) electrons. The van der Waals surface area contributed by atoms with Gasteiger partial charge in [0.2, 0.25) is 0 Å². The summed E-state index contributed by atoms with van der Waals surface area (Å²) in [6.45, 7) is 6.96. The second-order valence-electron chi connectivity index (χ2n) is 5.06. The Labute approximate surface area is 91.9 Å². The van der Waals surface area contributed by atoms with Crippen LogP contribution in [0.25, 0.3) is 0 Å². The number of aliphatic imine (C=N–C) groups is 1. The average molecular weight is 235 g/mol. The first-order valence-electron chi connectivity index (χ1n) is 4.68. The summed E-state index contributed by atoms with van der Waals surface area (Å²) in [4.78, 5) is 4.02. The van der Waals surface area contributed by atoms with E-state index in [1.54, 1.807) is 27.7 Å². The summed E-state index contributed by atoms with van der Waals surface area (Å²) >= 11 is 0. The lowest BCUT2D eigenvalue weighted by Gasteiger charge is -2.30. The van der Waals surface area contributed by atoms with E-state index in [-0.39, 0.29) is 5.96 Å². The number of guanidine groups is 1. The summed E-state index contributed by atoms with van der Waals surface area (Å²) in [7, 11) is -3.12. The first-order chi connectivity index (χ1) is 6.37. The summed E-state index contributed by atoms with van der Waals surface area (Å²) in [6, 6.07) is 0. The monoisotopic (exact) mass is 235 g/mol. The van der Waals surface area contributed by atoms with Crippen LogP contribution in [-0.4, -0.2) is 30.9 Å².